The van der Waals surface area contributed by atoms with Gasteiger partial charge in [-0.2, -0.15) is 5.10 Å². The number of fused-ring (bicyclic) bond motifs is 1. The van der Waals surface area contributed by atoms with Crippen LogP contribution in [0.5, 0.6) is 0 Å². The van der Waals surface area contributed by atoms with E-state index < -0.39 is 6.09 Å². The quantitative estimate of drug-likeness (QED) is 0.460. The number of pyridine rings is 1. The Morgan fingerprint density at radius 2 is 1.91 bits per heavy atom. The molecule has 3 N–H and O–H groups in total. The van der Waals surface area contributed by atoms with E-state index in [4.69, 9.17) is 5.11 Å². The number of amides is 3. The van der Waals surface area contributed by atoms with Gasteiger partial charge in [-0.05, 0) is 42.5 Å². The summed E-state index contributed by atoms with van der Waals surface area (Å²) in [6, 6.07) is 15.0. The number of hydrogen-bond donors (Lipinski definition) is 3. The van der Waals surface area contributed by atoms with Crippen molar-refractivity contribution in [2.75, 3.05) is 19.6 Å². The highest BCUT2D eigenvalue weighted by Crippen LogP contribution is 2.23. The van der Waals surface area contributed by atoms with E-state index in [1.54, 1.807) is 29.3 Å². The van der Waals surface area contributed by atoms with E-state index in [1.807, 2.05) is 18.2 Å². The molecule has 0 bridgehead atoms. The fraction of sp³-hybridized carbons (Fsp3) is 0.385. The van der Waals surface area contributed by atoms with Crippen LogP contribution in [0.3, 0.4) is 0 Å². The first-order chi connectivity index (χ1) is 16.8. The van der Waals surface area contributed by atoms with Gasteiger partial charge in [-0.1, -0.05) is 44.2 Å². The van der Waals surface area contributed by atoms with Crippen LogP contribution >= 0.6 is 0 Å². The average Bonchev–Trinajstić information content (AvgIpc) is 3.48. The zero-order valence-electron chi connectivity index (χ0n) is 20.0. The minimum Gasteiger partial charge on any atom is -0.465 e. The summed E-state index contributed by atoms with van der Waals surface area (Å²) >= 11 is 0. The van der Waals surface area contributed by atoms with Gasteiger partial charge in [-0.25, -0.2) is 9.31 Å². The lowest BCUT2D eigenvalue weighted by molar-refractivity contribution is 0.0782. The number of aromatic nitrogens is 2. The summed E-state index contributed by atoms with van der Waals surface area (Å²) in [5.41, 5.74) is 2.41. The fourth-order valence-electron chi connectivity index (χ4n) is 4.65. The summed E-state index contributed by atoms with van der Waals surface area (Å²) in [4.78, 5) is 38.6. The number of rotatable bonds is 8. The minimum atomic E-state index is -1.10. The lowest BCUT2D eigenvalue weighted by atomic mass is 9.90. The predicted molar refractivity (Wildman–Crippen MR) is 132 cm³/mol. The number of nitrogens with one attached hydrogen (secondary N) is 2. The van der Waals surface area contributed by atoms with Crippen molar-refractivity contribution in [3.8, 4) is 0 Å². The lowest BCUT2D eigenvalue weighted by Gasteiger charge is -2.20. The molecule has 1 aliphatic heterocycles. The molecule has 0 spiro atoms. The molecule has 1 aromatic carbocycles. The number of carboxylic acid groups (broad SMARTS) is 1. The molecule has 35 heavy (non-hydrogen) atoms. The van der Waals surface area contributed by atoms with Gasteiger partial charge in [0.2, 0.25) is 0 Å². The number of likely N-dealkylation sites (tertiary alicyclic amines) is 1. The maximum Gasteiger partial charge on any atom is 0.404 e. The molecule has 2 unspecified atom stereocenters. The monoisotopic (exact) mass is 477 g/mol. The van der Waals surface area contributed by atoms with Crippen LogP contribution in [-0.2, 0) is 0 Å². The Labute approximate surface area is 204 Å². The third kappa shape index (κ3) is 5.79. The zero-order chi connectivity index (χ0) is 24.9. The topological polar surface area (TPSA) is 116 Å². The highest BCUT2D eigenvalue weighted by atomic mass is 16.4. The van der Waals surface area contributed by atoms with Gasteiger partial charge in [-0.15, -0.1) is 0 Å². The van der Waals surface area contributed by atoms with Crippen LogP contribution in [-0.4, -0.2) is 63.2 Å². The van der Waals surface area contributed by atoms with Gasteiger partial charge in [0.25, 0.3) is 11.8 Å². The predicted octanol–water partition coefficient (Wildman–Crippen LogP) is 3.38. The van der Waals surface area contributed by atoms with Crippen molar-refractivity contribution >= 4 is 23.4 Å². The zero-order valence-corrected chi connectivity index (χ0v) is 20.0. The summed E-state index contributed by atoms with van der Waals surface area (Å²) in [5, 5.41) is 18.8. The van der Waals surface area contributed by atoms with Crippen molar-refractivity contribution in [1.29, 1.82) is 0 Å². The largest absolute Gasteiger partial charge is 0.465 e. The lowest BCUT2D eigenvalue weighted by Crippen LogP contribution is -2.37. The van der Waals surface area contributed by atoms with Gasteiger partial charge in [-0.3, -0.25) is 9.59 Å². The van der Waals surface area contributed by atoms with Gasteiger partial charge in [0.1, 0.15) is 0 Å². The molecule has 184 valence electrons. The van der Waals surface area contributed by atoms with Crippen molar-refractivity contribution < 1.29 is 19.5 Å². The van der Waals surface area contributed by atoms with Crippen LogP contribution in [0.2, 0.25) is 0 Å². The SMILES string of the molecule is CC(C)CC(CNC(=O)c1cccn2nc(C(=O)N3CCC(NC(=O)O)C3)cc12)c1ccccc1. The van der Waals surface area contributed by atoms with Crippen molar-refractivity contribution in [2.24, 2.45) is 5.92 Å². The molecule has 0 saturated carbocycles. The highest BCUT2D eigenvalue weighted by molar-refractivity contribution is 6.02. The van der Waals surface area contributed by atoms with Crippen LogP contribution < -0.4 is 10.6 Å². The van der Waals surface area contributed by atoms with Gasteiger partial charge >= 0.3 is 6.09 Å². The Bertz CT molecular complexity index is 1210. The fourth-order valence-corrected chi connectivity index (χ4v) is 4.65. The minimum absolute atomic E-state index is 0.199. The second-order valence-corrected chi connectivity index (χ2v) is 9.41. The summed E-state index contributed by atoms with van der Waals surface area (Å²) in [6.07, 6.45) is 2.11. The molecule has 1 saturated heterocycles. The van der Waals surface area contributed by atoms with E-state index in [-0.39, 0.29) is 29.5 Å². The average molecular weight is 478 g/mol. The Morgan fingerprint density at radius 1 is 1.14 bits per heavy atom. The Balaban J connectivity index is 1.48. The summed E-state index contributed by atoms with van der Waals surface area (Å²) in [7, 11) is 0. The van der Waals surface area contributed by atoms with Crippen molar-refractivity contribution in [2.45, 2.75) is 38.6 Å². The normalized spacial score (nSPS) is 16.4. The van der Waals surface area contributed by atoms with E-state index in [2.05, 4.69) is 41.7 Å². The van der Waals surface area contributed by atoms with Gasteiger partial charge in [0.05, 0.1) is 17.1 Å². The highest BCUT2D eigenvalue weighted by Gasteiger charge is 2.29. The molecule has 2 atom stereocenters. The molecule has 1 fully saturated rings. The molecule has 9 heteroatoms. The standard InChI is InChI=1S/C26H31N5O4/c1-17(2)13-19(18-7-4-3-5-8-18)15-27-24(32)21-9-6-11-31-23(21)14-22(29-31)25(33)30-12-10-20(16-30)28-26(34)35/h3-9,11,14,17,19-20,28H,10,12-13,15-16H2,1-2H3,(H,27,32)(H,34,35). The molecule has 3 heterocycles. The molecular formula is C26H31N5O4. The summed E-state index contributed by atoms with van der Waals surface area (Å²) in [6.45, 7) is 5.59. The maximum absolute atomic E-state index is 13.1. The smallest absolute Gasteiger partial charge is 0.404 e. The summed E-state index contributed by atoms with van der Waals surface area (Å²) < 4.78 is 1.54. The molecule has 1 aliphatic rings. The van der Waals surface area contributed by atoms with E-state index in [9.17, 15) is 14.4 Å². The number of hydrogen-bond acceptors (Lipinski definition) is 4. The van der Waals surface area contributed by atoms with Crippen LogP contribution in [0.1, 0.15) is 59.0 Å². The summed E-state index contributed by atoms with van der Waals surface area (Å²) in [5.74, 6) is 0.186. The number of carbonyl (C=O) groups excluding carboxylic acids is 2. The van der Waals surface area contributed by atoms with Crippen molar-refractivity contribution in [1.82, 2.24) is 25.1 Å². The Kier molecular flexibility index (Phi) is 7.33. The molecule has 2 aromatic heterocycles. The molecule has 0 radical (unpaired) electrons. The third-order valence-corrected chi connectivity index (χ3v) is 6.30. The molecule has 3 amide bonds. The van der Waals surface area contributed by atoms with Crippen LogP contribution in [0.15, 0.2) is 54.7 Å². The van der Waals surface area contributed by atoms with Crippen molar-refractivity contribution in [3.63, 3.8) is 0 Å². The number of nitrogens with zero attached hydrogens (tertiary/aromatic N) is 3. The second kappa shape index (κ2) is 10.6. The van der Waals surface area contributed by atoms with Gasteiger partial charge in [0.15, 0.2) is 5.69 Å². The maximum atomic E-state index is 13.1. The molecule has 4 rings (SSSR count). The second-order valence-electron chi connectivity index (χ2n) is 9.41. The molecular weight excluding hydrogens is 446 g/mol. The van der Waals surface area contributed by atoms with Crippen molar-refractivity contribution in [3.05, 3.63) is 71.5 Å². The first-order valence-corrected chi connectivity index (χ1v) is 11.9. The first-order valence-electron chi connectivity index (χ1n) is 11.9. The third-order valence-electron chi connectivity index (χ3n) is 6.30. The van der Waals surface area contributed by atoms with Gasteiger partial charge < -0.3 is 20.6 Å². The first kappa shape index (κ1) is 24.3. The van der Waals surface area contributed by atoms with E-state index in [0.29, 0.717) is 43.1 Å². The number of benzene rings is 1. The van der Waals surface area contributed by atoms with Crippen LogP contribution in [0, 0.1) is 5.92 Å². The van der Waals surface area contributed by atoms with E-state index >= 15 is 0 Å². The molecule has 3 aromatic rings. The van der Waals surface area contributed by atoms with E-state index in [1.165, 1.54) is 10.1 Å². The van der Waals surface area contributed by atoms with E-state index in [0.717, 1.165) is 6.42 Å². The number of carbonyl (C=O) groups is 3. The van der Waals surface area contributed by atoms with Crippen LogP contribution in [0.25, 0.3) is 5.52 Å². The van der Waals surface area contributed by atoms with Gasteiger partial charge in [0, 0.05) is 31.7 Å². The molecule has 9 nitrogen and oxygen atoms in total. The van der Waals surface area contributed by atoms with Crippen LogP contribution in [0.4, 0.5) is 4.79 Å². The molecule has 0 aliphatic carbocycles. The Morgan fingerprint density at radius 3 is 2.63 bits per heavy atom. The Hall–Kier alpha value is -3.88.